The van der Waals surface area contributed by atoms with E-state index in [0.29, 0.717) is 6.61 Å². The summed E-state index contributed by atoms with van der Waals surface area (Å²) in [7, 11) is 1.44. The second kappa shape index (κ2) is 6.94. The van der Waals surface area contributed by atoms with Gasteiger partial charge in [0, 0.05) is 0 Å². The molecule has 0 aliphatic carbocycles. The normalized spacial score (nSPS) is 10.9. The van der Waals surface area contributed by atoms with E-state index in [0.717, 1.165) is 0 Å². The average Bonchev–Trinajstić information content (AvgIpc) is 1.89. The Morgan fingerprint density at radius 3 is 3.00 bits per heavy atom. The zero-order valence-electron chi connectivity index (χ0n) is 5.50. The molecule has 0 aromatic rings. The van der Waals surface area contributed by atoms with Crippen LogP contribution in [0.15, 0.2) is 10.3 Å². The Morgan fingerprint density at radius 1 is 1.67 bits per heavy atom. The zero-order chi connectivity index (χ0) is 6.95. The fraction of sp³-hybridized carbons (Fsp3) is 0.600. The summed E-state index contributed by atoms with van der Waals surface area (Å²) in [6, 6.07) is 0. The van der Waals surface area contributed by atoms with Gasteiger partial charge in [-0.25, -0.2) is 0 Å². The van der Waals surface area contributed by atoms with Gasteiger partial charge in [0.05, 0.1) is 6.21 Å². The van der Waals surface area contributed by atoms with Crippen LogP contribution in [0.25, 0.3) is 0 Å². The molecule has 0 unspecified atom stereocenters. The van der Waals surface area contributed by atoms with Crippen molar-refractivity contribution in [2.45, 2.75) is 6.92 Å². The predicted molar refractivity (Wildman–Crippen MR) is 34.6 cm³/mol. The summed E-state index contributed by atoms with van der Waals surface area (Å²) in [6.45, 7) is 2.37. The summed E-state index contributed by atoms with van der Waals surface area (Å²) < 4.78 is 0. The first-order chi connectivity index (χ1) is 4.41. The van der Waals surface area contributed by atoms with E-state index in [-0.39, 0.29) is 0 Å². The van der Waals surface area contributed by atoms with Crippen molar-refractivity contribution in [1.82, 2.24) is 0 Å². The summed E-state index contributed by atoms with van der Waals surface area (Å²) in [5.74, 6) is 0. The van der Waals surface area contributed by atoms with Gasteiger partial charge in [-0.2, -0.15) is 0 Å². The van der Waals surface area contributed by atoms with Crippen LogP contribution in [0.1, 0.15) is 6.92 Å². The Balaban J connectivity index is 3.13. The molecule has 4 heteroatoms. The maximum atomic E-state index is 4.55. The molecule has 0 N–H and O–H groups in total. The Morgan fingerprint density at radius 2 is 2.44 bits per heavy atom. The molecule has 0 aliphatic rings. The van der Waals surface area contributed by atoms with Gasteiger partial charge >= 0.3 is 0 Å². The summed E-state index contributed by atoms with van der Waals surface area (Å²) >= 11 is 0. The van der Waals surface area contributed by atoms with Crippen LogP contribution >= 0.6 is 0 Å². The highest BCUT2D eigenvalue weighted by molar-refractivity contribution is 6.15. The Labute approximate surface area is 54.1 Å². The zero-order valence-corrected chi connectivity index (χ0v) is 5.50. The van der Waals surface area contributed by atoms with E-state index < -0.39 is 0 Å². The molecule has 9 heavy (non-hydrogen) atoms. The third kappa shape index (κ3) is 6.94. The molecule has 0 spiro atoms. The van der Waals surface area contributed by atoms with Crippen molar-refractivity contribution >= 4 is 12.4 Å². The maximum absolute atomic E-state index is 4.55. The molecule has 0 amide bonds. The highest BCUT2D eigenvalue weighted by Gasteiger charge is 1.68. The van der Waals surface area contributed by atoms with E-state index in [2.05, 4.69) is 26.2 Å². The summed E-state index contributed by atoms with van der Waals surface area (Å²) in [5.41, 5.74) is 0. The number of hydrogen-bond donors (Lipinski definition) is 0. The van der Waals surface area contributed by atoms with Crippen LogP contribution in [0, 0.1) is 0 Å². The largest absolute Gasteiger partial charge is 0.399 e. The van der Waals surface area contributed by atoms with Crippen molar-refractivity contribution in [3.05, 3.63) is 0 Å². The van der Waals surface area contributed by atoms with E-state index in [1.165, 1.54) is 13.3 Å². The van der Waals surface area contributed by atoms with Gasteiger partial charge in [0.2, 0.25) is 0 Å². The molecule has 0 bridgehead atoms. The molecule has 51 valence electrons. The lowest BCUT2D eigenvalue weighted by Gasteiger charge is -1.85. The third-order valence-electron chi connectivity index (χ3n) is 0.462. The molecular weight excluding hydrogens is 120 g/mol. The molecule has 0 saturated heterocycles. The van der Waals surface area contributed by atoms with Crippen LogP contribution in [0.4, 0.5) is 0 Å². The fourth-order valence-corrected chi connectivity index (χ4v) is 0.202. The Hall–Kier alpha value is -1.06. The standard InChI is InChI=1S/C5H9N2O2/c1-3-9-7-5-4-6-8-2/h4H,3H2,1-2H3. The monoisotopic (exact) mass is 129 g/mol. The first kappa shape index (κ1) is 7.94. The molecule has 0 rings (SSSR count). The van der Waals surface area contributed by atoms with Gasteiger partial charge < -0.3 is 9.68 Å². The van der Waals surface area contributed by atoms with Crippen molar-refractivity contribution in [1.29, 1.82) is 0 Å². The van der Waals surface area contributed by atoms with E-state index in [9.17, 15) is 0 Å². The molecule has 0 atom stereocenters. The molecule has 0 saturated carbocycles. The van der Waals surface area contributed by atoms with Crippen LogP contribution in [-0.4, -0.2) is 26.1 Å². The third-order valence-corrected chi connectivity index (χ3v) is 0.462. The van der Waals surface area contributed by atoms with Crippen LogP contribution in [0.3, 0.4) is 0 Å². The number of oxime groups is 1. The van der Waals surface area contributed by atoms with Gasteiger partial charge in [0.25, 0.3) is 0 Å². The maximum Gasteiger partial charge on any atom is 0.155 e. The van der Waals surface area contributed by atoms with Gasteiger partial charge in [-0.1, -0.05) is 10.3 Å². The first-order valence-electron chi connectivity index (χ1n) is 2.54. The fourth-order valence-electron chi connectivity index (χ4n) is 0.202. The van der Waals surface area contributed by atoms with Crippen LogP contribution in [-0.2, 0) is 9.68 Å². The van der Waals surface area contributed by atoms with E-state index in [4.69, 9.17) is 0 Å². The van der Waals surface area contributed by atoms with Crippen molar-refractivity contribution in [3.63, 3.8) is 0 Å². The SMILES string of the molecule is CCO/N=[C]/C=NOC. The molecule has 0 aliphatic heterocycles. The topological polar surface area (TPSA) is 43.2 Å². The van der Waals surface area contributed by atoms with E-state index >= 15 is 0 Å². The minimum atomic E-state index is 0.536. The molecule has 1 radical (unpaired) electrons. The average molecular weight is 129 g/mol. The van der Waals surface area contributed by atoms with Gasteiger partial charge in [0.15, 0.2) is 6.21 Å². The number of hydrogen-bond acceptors (Lipinski definition) is 4. The van der Waals surface area contributed by atoms with Gasteiger partial charge in [-0.15, -0.1) is 0 Å². The molecule has 0 aromatic heterocycles. The quantitative estimate of drug-likeness (QED) is 0.410. The second-order valence-electron chi connectivity index (χ2n) is 1.06. The lowest BCUT2D eigenvalue weighted by Crippen LogP contribution is -1.81. The molecule has 4 nitrogen and oxygen atoms in total. The summed E-state index contributed by atoms with van der Waals surface area (Å²) in [4.78, 5) is 8.86. The van der Waals surface area contributed by atoms with Gasteiger partial charge in [-0.3, -0.25) is 0 Å². The Kier molecular flexibility index (Phi) is 6.12. The minimum absolute atomic E-state index is 0.536. The molecule has 0 fully saturated rings. The van der Waals surface area contributed by atoms with Crippen molar-refractivity contribution < 1.29 is 9.68 Å². The van der Waals surface area contributed by atoms with Crippen molar-refractivity contribution in [2.24, 2.45) is 10.3 Å². The number of rotatable bonds is 4. The van der Waals surface area contributed by atoms with Crippen molar-refractivity contribution in [2.75, 3.05) is 13.7 Å². The number of nitrogens with zero attached hydrogens (tertiary/aromatic N) is 2. The highest BCUT2D eigenvalue weighted by atomic mass is 16.6. The minimum Gasteiger partial charge on any atom is -0.399 e. The van der Waals surface area contributed by atoms with E-state index in [1.54, 1.807) is 0 Å². The predicted octanol–water partition coefficient (Wildman–Crippen LogP) is 0.518. The van der Waals surface area contributed by atoms with E-state index in [1.807, 2.05) is 6.92 Å². The van der Waals surface area contributed by atoms with Gasteiger partial charge in [-0.05, 0) is 6.92 Å². The molecule has 0 aromatic carbocycles. The molecule has 0 heterocycles. The van der Waals surface area contributed by atoms with Gasteiger partial charge in [0.1, 0.15) is 13.7 Å². The summed E-state index contributed by atoms with van der Waals surface area (Å²) in [5, 5.41) is 6.68. The second-order valence-corrected chi connectivity index (χ2v) is 1.06. The Bertz CT molecular complexity index is 101. The summed E-state index contributed by atoms with van der Waals surface area (Å²) in [6.07, 6.45) is 3.65. The van der Waals surface area contributed by atoms with Crippen LogP contribution in [0.5, 0.6) is 0 Å². The first-order valence-corrected chi connectivity index (χ1v) is 2.54. The molecular formula is C5H9N2O2. The van der Waals surface area contributed by atoms with Crippen LogP contribution in [0.2, 0.25) is 0 Å². The lowest BCUT2D eigenvalue weighted by atomic mass is 10.8. The van der Waals surface area contributed by atoms with Crippen molar-refractivity contribution in [3.8, 4) is 0 Å². The smallest absolute Gasteiger partial charge is 0.155 e. The lowest BCUT2D eigenvalue weighted by molar-refractivity contribution is 0.161. The highest BCUT2D eigenvalue weighted by Crippen LogP contribution is 1.69. The van der Waals surface area contributed by atoms with Crippen LogP contribution < -0.4 is 0 Å².